The number of amides is 5. The lowest BCUT2D eigenvalue weighted by Crippen LogP contribution is -2.18. The predicted molar refractivity (Wildman–Crippen MR) is 471 cm³/mol. The molecule has 0 aliphatic rings. The van der Waals surface area contributed by atoms with E-state index >= 15 is 0 Å². The summed E-state index contributed by atoms with van der Waals surface area (Å²) in [5.41, 5.74) is 31.5. The molecule has 0 aliphatic carbocycles. The molecule has 5 heterocycles. The molecular weight excluding hydrogens is 1750 g/mol. The van der Waals surface area contributed by atoms with E-state index in [0.29, 0.717) is 106 Å². The molecule has 10 rings (SSSR count). The number of phenols is 1. The maximum absolute atomic E-state index is 14.9. The third-order valence-electron chi connectivity index (χ3n) is 16.9. The van der Waals surface area contributed by atoms with E-state index in [9.17, 15) is 37.9 Å². The number of ether oxygens (including phenoxy) is 9. The summed E-state index contributed by atoms with van der Waals surface area (Å²) in [7, 11) is 12.8. The van der Waals surface area contributed by atoms with Crippen LogP contribution < -0.4 is 97.9 Å². The topological polar surface area (TPSA) is 508 Å². The molecule has 0 spiro atoms. The van der Waals surface area contributed by atoms with Gasteiger partial charge < -0.3 is 103 Å². The van der Waals surface area contributed by atoms with Crippen molar-refractivity contribution in [3.63, 3.8) is 0 Å². The van der Waals surface area contributed by atoms with Gasteiger partial charge in [0.15, 0.2) is 63.4 Å². The van der Waals surface area contributed by atoms with Crippen LogP contribution in [0, 0.1) is 15.2 Å². The molecular formula is C79H103BrClF2IN20O15. The van der Waals surface area contributed by atoms with Gasteiger partial charge in [-0.05, 0) is 38.5 Å². The Bertz CT molecular complexity index is 5110. The third kappa shape index (κ3) is 20.8. The highest BCUT2D eigenvalue weighted by Crippen LogP contribution is 2.53. The Hall–Kier alpha value is -11.5. The molecule has 5 aromatic heterocycles. The summed E-state index contributed by atoms with van der Waals surface area (Å²) in [6, 6.07) is 0. The first-order valence-corrected chi connectivity index (χ1v) is 38.4. The average Bonchev–Trinajstić information content (AvgIpc) is 0.773. The molecule has 644 valence electrons. The zero-order valence-corrected chi connectivity index (χ0v) is 76.4. The van der Waals surface area contributed by atoms with Crippen molar-refractivity contribution < 1.29 is 80.5 Å². The number of carbonyl (C=O) groups excluding carboxylic acids is 5. The number of halogens is 5. The standard InChI is InChI=1S/C16H21BrN4O3.C16H21ClN4O3.C16H21FN4O3.C16H21IN4O3.C15H19FN4O3/c4*1-7(22)19-11-8-10(9(17)12(23-5)13(11)24-6)20-15(16(2,3)4)21-14(8)18;1-6(21)18-10-7-9(8(16)11(22)12(10)23-5)19-14(15(2,3)4)20-13(7)17/h4*1-6H3,(H,19,22)(H2,18,20,21);22H,1-5H3,(H,18,21)(H2,17,19,20). The highest BCUT2D eigenvalue weighted by atomic mass is 127. The smallest absolute Gasteiger partial charge is 0.221 e. The Labute approximate surface area is 713 Å². The van der Waals surface area contributed by atoms with E-state index in [1.165, 1.54) is 91.5 Å². The van der Waals surface area contributed by atoms with Crippen LogP contribution in [0.15, 0.2) is 4.47 Å². The fourth-order valence-corrected chi connectivity index (χ4v) is 13.2. The molecule has 10 aromatic rings. The van der Waals surface area contributed by atoms with Crippen molar-refractivity contribution in [3.05, 3.63) is 53.8 Å². The summed E-state index contributed by atoms with van der Waals surface area (Å²) in [6.45, 7) is 35.9. The Morgan fingerprint density at radius 1 is 0.336 bits per heavy atom. The SMILES string of the molecule is COc1c(O)c(F)c2nc(C(C)(C)C)nc(N)c2c1NC(C)=O.COc1c(OC)c(NC(C)=O)c2c(N)nc(C(C)(C)C)nc2c1Br.COc1c(OC)c(NC(C)=O)c2c(N)nc(C(C)(C)C)nc2c1Cl.COc1c(OC)c(NC(C)=O)c2c(N)nc(C(C)(C)C)nc2c1F.COc1c(OC)c(NC(C)=O)c2c(N)nc(C(C)(C)C)nc2c1I. The van der Waals surface area contributed by atoms with Crippen LogP contribution in [0.4, 0.5) is 66.3 Å². The van der Waals surface area contributed by atoms with Gasteiger partial charge in [0.2, 0.25) is 35.3 Å². The van der Waals surface area contributed by atoms with Crippen molar-refractivity contribution in [1.29, 1.82) is 0 Å². The molecule has 0 atom stereocenters. The molecule has 0 saturated heterocycles. The highest BCUT2D eigenvalue weighted by molar-refractivity contribution is 14.1. The number of benzene rings is 5. The van der Waals surface area contributed by atoms with Gasteiger partial charge in [0, 0.05) is 61.7 Å². The first-order chi connectivity index (χ1) is 55.0. The van der Waals surface area contributed by atoms with E-state index in [0.717, 1.165) is 3.57 Å². The Morgan fingerprint density at radius 2 is 0.555 bits per heavy atom. The summed E-state index contributed by atoms with van der Waals surface area (Å²) in [5.74, 6) is 0.992. The van der Waals surface area contributed by atoms with Gasteiger partial charge in [-0.3, -0.25) is 24.0 Å². The number of carbonyl (C=O) groups is 5. The second kappa shape index (κ2) is 37.6. The molecule has 35 nitrogen and oxygen atoms in total. The molecule has 0 bridgehead atoms. The molecule has 0 fully saturated rings. The largest absolute Gasteiger partial charge is 0.502 e. The minimum Gasteiger partial charge on any atom is -0.502 e. The van der Waals surface area contributed by atoms with E-state index in [-0.39, 0.29) is 136 Å². The Kier molecular flexibility index (Phi) is 30.5. The zero-order chi connectivity index (χ0) is 90.5. The van der Waals surface area contributed by atoms with Crippen molar-refractivity contribution in [2.75, 3.05) is 119 Å². The van der Waals surface area contributed by atoms with Gasteiger partial charge in [-0.25, -0.2) is 58.6 Å². The van der Waals surface area contributed by atoms with E-state index in [1.54, 1.807) is 7.11 Å². The number of hydrogen-bond donors (Lipinski definition) is 11. The van der Waals surface area contributed by atoms with Crippen LogP contribution in [-0.2, 0) is 51.0 Å². The maximum atomic E-state index is 14.9. The molecule has 119 heavy (non-hydrogen) atoms. The van der Waals surface area contributed by atoms with Gasteiger partial charge in [0.25, 0.3) is 0 Å². The monoisotopic (exact) mass is 1850 g/mol. The van der Waals surface area contributed by atoms with E-state index in [2.05, 4.69) is 115 Å². The van der Waals surface area contributed by atoms with Crippen LogP contribution >= 0.6 is 50.1 Å². The normalized spacial score (nSPS) is 11.5. The number of nitrogens with zero attached hydrogens (tertiary/aromatic N) is 10. The lowest BCUT2D eigenvalue weighted by Gasteiger charge is -2.21. The van der Waals surface area contributed by atoms with Gasteiger partial charge in [0.1, 0.15) is 108 Å². The molecule has 40 heteroatoms. The molecule has 5 amide bonds. The molecule has 0 radical (unpaired) electrons. The number of aromatic nitrogens is 10. The van der Waals surface area contributed by atoms with Crippen LogP contribution in [0.2, 0.25) is 5.02 Å². The summed E-state index contributed by atoms with van der Waals surface area (Å²) in [4.78, 5) is 102. The third-order valence-corrected chi connectivity index (χ3v) is 18.9. The quantitative estimate of drug-likeness (QED) is 0.0450. The second-order valence-electron chi connectivity index (χ2n) is 31.5. The fourth-order valence-electron chi connectivity index (χ4n) is 11.5. The van der Waals surface area contributed by atoms with Crippen LogP contribution in [0.3, 0.4) is 0 Å². The summed E-state index contributed by atoms with van der Waals surface area (Å²) >= 11 is 12.1. The number of anilines is 10. The first-order valence-electron chi connectivity index (χ1n) is 36.1. The molecule has 0 aliphatic heterocycles. The first kappa shape index (κ1) is 96.3. The molecule has 0 saturated carbocycles. The van der Waals surface area contributed by atoms with Crippen LogP contribution in [0.1, 0.15) is 168 Å². The van der Waals surface area contributed by atoms with Crippen molar-refractivity contribution in [2.24, 2.45) is 0 Å². The molecule has 0 unspecified atom stereocenters. The van der Waals surface area contributed by atoms with E-state index < -0.39 is 34.1 Å². The minimum absolute atomic E-state index is 0.0131. The van der Waals surface area contributed by atoms with Crippen LogP contribution in [0.5, 0.6) is 57.5 Å². The number of rotatable bonds is 14. The zero-order valence-electron chi connectivity index (χ0n) is 71.9. The number of nitrogens with two attached hydrogens (primary N) is 5. The van der Waals surface area contributed by atoms with Gasteiger partial charge in [-0.15, -0.1) is 0 Å². The van der Waals surface area contributed by atoms with Gasteiger partial charge >= 0.3 is 0 Å². The highest BCUT2D eigenvalue weighted by Gasteiger charge is 2.35. The summed E-state index contributed by atoms with van der Waals surface area (Å²) in [6.07, 6.45) is 0. The number of phenolic OH excluding ortho intramolecular Hbond substituents is 1. The number of fused-ring (bicyclic) bond motifs is 5. The van der Waals surface area contributed by atoms with E-state index in [1.807, 2.05) is 104 Å². The number of nitrogen functional groups attached to an aromatic ring is 5. The van der Waals surface area contributed by atoms with Crippen LogP contribution in [-0.4, -0.2) is 148 Å². The number of methoxy groups -OCH3 is 9. The maximum Gasteiger partial charge on any atom is 0.221 e. The van der Waals surface area contributed by atoms with Crippen molar-refractivity contribution in [1.82, 2.24) is 49.8 Å². The fraction of sp³-hybridized carbons (Fsp3) is 0.430. The molecule has 16 N–H and O–H groups in total. The Balaban J connectivity index is 0.000000231. The number of hydrogen-bond acceptors (Lipinski definition) is 30. The summed E-state index contributed by atoms with van der Waals surface area (Å²) in [5, 5.41) is 25.3. The lowest BCUT2D eigenvalue weighted by molar-refractivity contribution is -0.115. The Morgan fingerprint density at radius 3 is 0.840 bits per heavy atom. The van der Waals surface area contributed by atoms with Crippen molar-refractivity contribution >= 4 is 192 Å². The average molecular weight is 1850 g/mol. The van der Waals surface area contributed by atoms with Gasteiger partial charge in [0.05, 0.1) is 110 Å². The van der Waals surface area contributed by atoms with Crippen molar-refractivity contribution in [3.8, 4) is 57.5 Å². The second-order valence-corrected chi connectivity index (χ2v) is 33.8. The van der Waals surface area contributed by atoms with Gasteiger partial charge in [-0.2, -0.15) is 0 Å². The number of nitrogens with one attached hydrogen (secondary N) is 5. The predicted octanol–water partition coefficient (Wildman–Crippen LogP) is 14.4. The van der Waals surface area contributed by atoms with Crippen LogP contribution in [0.25, 0.3) is 54.5 Å². The number of aromatic hydroxyl groups is 1. The van der Waals surface area contributed by atoms with E-state index in [4.69, 9.17) is 82.9 Å². The molecule has 5 aromatic carbocycles. The van der Waals surface area contributed by atoms with Gasteiger partial charge in [-0.1, -0.05) is 115 Å². The lowest BCUT2D eigenvalue weighted by atomic mass is 9.95. The van der Waals surface area contributed by atoms with Crippen molar-refractivity contribution in [2.45, 2.75) is 166 Å². The minimum atomic E-state index is -0.981. The summed E-state index contributed by atoms with van der Waals surface area (Å²) < 4.78 is 78.6.